The smallest absolute Gasteiger partial charge is 0.265 e. The van der Waals surface area contributed by atoms with E-state index in [0.717, 1.165) is 17.1 Å². The average Bonchev–Trinajstić information content (AvgIpc) is 2.76. The van der Waals surface area contributed by atoms with Crippen LogP contribution in [0.4, 0.5) is 5.69 Å². The van der Waals surface area contributed by atoms with Gasteiger partial charge in [0, 0.05) is 17.1 Å². The molecule has 32 heavy (non-hydrogen) atoms. The molecule has 0 radical (unpaired) electrons. The van der Waals surface area contributed by atoms with Gasteiger partial charge in [-0.2, -0.15) is 0 Å². The Morgan fingerprint density at radius 1 is 1.03 bits per heavy atom. The maximum absolute atomic E-state index is 13.7. The van der Waals surface area contributed by atoms with Gasteiger partial charge in [0.15, 0.2) is 11.5 Å². The molecular weight excluding hydrogens is 456 g/mol. The van der Waals surface area contributed by atoms with Crippen molar-refractivity contribution in [3.8, 4) is 17.2 Å². The van der Waals surface area contributed by atoms with Gasteiger partial charge in [-0.25, -0.2) is 8.42 Å². The SMILES string of the molecule is CCC[C@H](C)NC(=O)CN(c1cc(Cl)ccc1OC)S(=O)(=O)c1ccc(OC)c(OC)c1. The zero-order valence-electron chi connectivity index (χ0n) is 18.8. The first-order valence-corrected chi connectivity index (χ1v) is 11.9. The van der Waals surface area contributed by atoms with Crippen molar-refractivity contribution in [1.29, 1.82) is 0 Å². The van der Waals surface area contributed by atoms with E-state index in [1.165, 1.54) is 45.6 Å². The number of nitrogens with zero attached hydrogens (tertiary/aromatic N) is 1. The molecule has 2 aromatic carbocycles. The minimum atomic E-state index is -4.21. The molecule has 0 aliphatic heterocycles. The third kappa shape index (κ3) is 5.98. The average molecular weight is 485 g/mol. The zero-order chi connectivity index (χ0) is 23.9. The van der Waals surface area contributed by atoms with Gasteiger partial charge in [-0.1, -0.05) is 24.9 Å². The number of rotatable bonds is 11. The Labute approximate surface area is 194 Å². The summed E-state index contributed by atoms with van der Waals surface area (Å²) < 4.78 is 44.1. The number of amides is 1. The van der Waals surface area contributed by atoms with Crippen molar-refractivity contribution in [2.45, 2.75) is 37.6 Å². The second kappa shape index (κ2) is 11.3. The van der Waals surface area contributed by atoms with E-state index in [-0.39, 0.29) is 28.1 Å². The van der Waals surface area contributed by atoms with E-state index in [1.807, 2.05) is 13.8 Å². The van der Waals surface area contributed by atoms with E-state index < -0.39 is 22.5 Å². The summed E-state index contributed by atoms with van der Waals surface area (Å²) in [4.78, 5) is 12.7. The molecule has 0 saturated heterocycles. The predicted octanol–water partition coefficient (Wildman–Crippen LogP) is 3.87. The molecule has 10 heteroatoms. The number of halogens is 1. The van der Waals surface area contributed by atoms with Crippen LogP contribution in [-0.2, 0) is 14.8 Å². The summed E-state index contributed by atoms with van der Waals surface area (Å²) in [7, 11) is 0.0748. The van der Waals surface area contributed by atoms with Crippen LogP contribution < -0.4 is 23.8 Å². The first-order chi connectivity index (χ1) is 15.2. The molecule has 2 aromatic rings. The van der Waals surface area contributed by atoms with Gasteiger partial charge in [-0.15, -0.1) is 0 Å². The summed E-state index contributed by atoms with van der Waals surface area (Å²) in [5.74, 6) is 0.432. The highest BCUT2D eigenvalue weighted by atomic mass is 35.5. The number of nitrogens with one attached hydrogen (secondary N) is 1. The Hall–Kier alpha value is -2.65. The van der Waals surface area contributed by atoms with Crippen LogP contribution in [-0.4, -0.2) is 48.2 Å². The molecule has 1 atom stereocenters. The fourth-order valence-electron chi connectivity index (χ4n) is 3.22. The van der Waals surface area contributed by atoms with Crippen molar-refractivity contribution >= 4 is 33.2 Å². The Kier molecular flexibility index (Phi) is 9.03. The number of benzene rings is 2. The molecular formula is C22H29ClN2O6S. The van der Waals surface area contributed by atoms with Crippen LogP contribution >= 0.6 is 11.6 Å². The lowest BCUT2D eigenvalue weighted by Gasteiger charge is -2.26. The topological polar surface area (TPSA) is 94.2 Å². The van der Waals surface area contributed by atoms with Crippen molar-refractivity contribution in [1.82, 2.24) is 5.32 Å². The minimum Gasteiger partial charge on any atom is -0.495 e. The Balaban J connectivity index is 2.57. The minimum absolute atomic E-state index is 0.0772. The maximum atomic E-state index is 13.7. The number of ether oxygens (including phenoxy) is 3. The quantitative estimate of drug-likeness (QED) is 0.520. The molecule has 0 unspecified atom stereocenters. The lowest BCUT2D eigenvalue weighted by molar-refractivity contribution is -0.120. The molecule has 0 aliphatic carbocycles. The van der Waals surface area contributed by atoms with Crippen LogP contribution in [0.25, 0.3) is 0 Å². The Morgan fingerprint density at radius 2 is 1.66 bits per heavy atom. The lowest BCUT2D eigenvalue weighted by Crippen LogP contribution is -2.43. The Bertz CT molecular complexity index is 1040. The van der Waals surface area contributed by atoms with Crippen molar-refractivity contribution < 1.29 is 27.4 Å². The van der Waals surface area contributed by atoms with E-state index in [1.54, 1.807) is 12.1 Å². The number of anilines is 1. The summed E-state index contributed by atoms with van der Waals surface area (Å²) in [5, 5.41) is 3.13. The molecule has 1 amide bonds. The van der Waals surface area contributed by atoms with E-state index in [9.17, 15) is 13.2 Å². The summed E-state index contributed by atoms with van der Waals surface area (Å²) in [6, 6.07) is 8.69. The largest absolute Gasteiger partial charge is 0.495 e. The van der Waals surface area contributed by atoms with Gasteiger partial charge in [0.1, 0.15) is 12.3 Å². The number of methoxy groups -OCH3 is 3. The second-order valence-electron chi connectivity index (χ2n) is 7.10. The fraction of sp³-hybridized carbons (Fsp3) is 0.409. The fourth-order valence-corrected chi connectivity index (χ4v) is 4.82. The van der Waals surface area contributed by atoms with Crippen molar-refractivity contribution in [2.75, 3.05) is 32.2 Å². The highest BCUT2D eigenvalue weighted by Gasteiger charge is 2.31. The standard InChI is InChI=1S/C22H29ClN2O6S/c1-6-7-15(2)24-22(26)14-25(18-12-16(23)8-10-19(18)29-3)32(27,28)17-9-11-20(30-4)21(13-17)31-5/h8-13,15H,6-7,14H2,1-5H3,(H,24,26)/t15-/m0/s1. The van der Waals surface area contributed by atoms with Crippen LogP contribution in [0.2, 0.25) is 5.02 Å². The van der Waals surface area contributed by atoms with Crippen LogP contribution in [0.5, 0.6) is 17.2 Å². The summed E-state index contributed by atoms with van der Waals surface area (Å²) in [6.07, 6.45) is 1.66. The van der Waals surface area contributed by atoms with Gasteiger partial charge >= 0.3 is 0 Å². The van der Waals surface area contributed by atoms with Crippen LogP contribution in [0.3, 0.4) is 0 Å². The third-order valence-corrected chi connectivity index (χ3v) is 6.76. The zero-order valence-corrected chi connectivity index (χ0v) is 20.4. The number of hydrogen-bond acceptors (Lipinski definition) is 6. The van der Waals surface area contributed by atoms with E-state index in [0.29, 0.717) is 10.8 Å². The molecule has 0 heterocycles. The molecule has 0 aromatic heterocycles. The summed E-state index contributed by atoms with van der Waals surface area (Å²) in [5.41, 5.74) is 0.146. The summed E-state index contributed by atoms with van der Waals surface area (Å²) >= 11 is 6.15. The molecule has 0 fully saturated rings. The highest BCUT2D eigenvalue weighted by Crippen LogP contribution is 2.36. The molecule has 176 valence electrons. The monoisotopic (exact) mass is 484 g/mol. The normalized spacial score (nSPS) is 12.1. The molecule has 1 N–H and O–H groups in total. The molecule has 8 nitrogen and oxygen atoms in total. The van der Waals surface area contributed by atoms with Gasteiger partial charge in [0.05, 0.1) is 31.9 Å². The Morgan fingerprint density at radius 3 is 2.25 bits per heavy atom. The van der Waals surface area contributed by atoms with Crippen molar-refractivity contribution in [3.05, 3.63) is 41.4 Å². The van der Waals surface area contributed by atoms with Crippen LogP contribution in [0.1, 0.15) is 26.7 Å². The van der Waals surface area contributed by atoms with Crippen molar-refractivity contribution in [2.24, 2.45) is 0 Å². The highest BCUT2D eigenvalue weighted by molar-refractivity contribution is 7.92. The van der Waals surface area contributed by atoms with Gasteiger partial charge in [0.25, 0.3) is 10.0 Å². The van der Waals surface area contributed by atoms with E-state index >= 15 is 0 Å². The number of carbonyl (C=O) groups is 1. The number of carbonyl (C=O) groups excluding carboxylic acids is 1. The van der Waals surface area contributed by atoms with Gasteiger partial charge in [-0.3, -0.25) is 9.10 Å². The molecule has 0 bridgehead atoms. The van der Waals surface area contributed by atoms with Crippen molar-refractivity contribution in [3.63, 3.8) is 0 Å². The number of hydrogen-bond donors (Lipinski definition) is 1. The molecule has 2 rings (SSSR count). The van der Waals surface area contributed by atoms with Crippen LogP contribution in [0, 0.1) is 0 Å². The first kappa shape index (κ1) is 25.6. The lowest BCUT2D eigenvalue weighted by atomic mass is 10.2. The summed E-state index contributed by atoms with van der Waals surface area (Å²) in [6.45, 7) is 3.42. The van der Waals surface area contributed by atoms with Gasteiger partial charge in [0.2, 0.25) is 5.91 Å². The molecule has 0 aliphatic rings. The second-order valence-corrected chi connectivity index (χ2v) is 9.40. The predicted molar refractivity (Wildman–Crippen MR) is 125 cm³/mol. The van der Waals surface area contributed by atoms with Gasteiger partial charge < -0.3 is 19.5 Å². The third-order valence-electron chi connectivity index (χ3n) is 4.77. The van der Waals surface area contributed by atoms with Crippen LogP contribution in [0.15, 0.2) is 41.3 Å². The molecule has 0 saturated carbocycles. The van der Waals surface area contributed by atoms with Gasteiger partial charge in [-0.05, 0) is 43.7 Å². The maximum Gasteiger partial charge on any atom is 0.265 e. The van der Waals surface area contributed by atoms with E-state index in [4.69, 9.17) is 25.8 Å². The van der Waals surface area contributed by atoms with E-state index in [2.05, 4.69) is 5.32 Å². The molecule has 0 spiro atoms. The first-order valence-electron chi connectivity index (χ1n) is 10.1. The number of sulfonamides is 1.